The van der Waals surface area contributed by atoms with Crippen molar-refractivity contribution in [3.8, 4) is 6.07 Å². The lowest BCUT2D eigenvalue weighted by atomic mass is 10.1. The van der Waals surface area contributed by atoms with Crippen molar-refractivity contribution in [3.05, 3.63) is 65.0 Å². The first kappa shape index (κ1) is 16.9. The molecule has 23 heavy (non-hydrogen) atoms. The molecule has 0 aliphatic heterocycles. The molecule has 2 aromatic carbocycles. The Bertz CT molecular complexity index is 845. The number of halogens is 1. The van der Waals surface area contributed by atoms with Crippen LogP contribution in [0.25, 0.3) is 0 Å². The van der Waals surface area contributed by atoms with Crippen LogP contribution >= 0.6 is 0 Å². The molecule has 5 nitrogen and oxygen atoms in total. The lowest BCUT2D eigenvalue weighted by Gasteiger charge is -2.12. The molecule has 120 valence electrons. The number of sulfonamides is 1. The van der Waals surface area contributed by atoms with E-state index in [1.807, 2.05) is 6.07 Å². The maximum absolute atomic E-state index is 13.6. The van der Waals surface area contributed by atoms with E-state index in [1.165, 1.54) is 19.2 Å². The van der Waals surface area contributed by atoms with Crippen LogP contribution in [-0.2, 0) is 22.3 Å². The fraction of sp³-hybridized carbons (Fsp3) is 0.188. The number of rotatable bonds is 6. The van der Waals surface area contributed by atoms with E-state index in [2.05, 4.69) is 10.0 Å². The second-order valence-corrected chi connectivity index (χ2v) is 6.79. The summed E-state index contributed by atoms with van der Waals surface area (Å²) in [5.74, 6) is -0.737. The van der Waals surface area contributed by atoms with Gasteiger partial charge in [0.2, 0.25) is 10.0 Å². The minimum Gasteiger partial charge on any atom is -0.380 e. The minimum atomic E-state index is -3.39. The highest BCUT2D eigenvalue weighted by Crippen LogP contribution is 2.20. The normalized spacial score (nSPS) is 11.0. The molecule has 0 atom stereocenters. The van der Waals surface area contributed by atoms with E-state index in [1.54, 1.807) is 30.3 Å². The van der Waals surface area contributed by atoms with E-state index in [0.717, 1.165) is 5.56 Å². The van der Waals surface area contributed by atoms with Crippen molar-refractivity contribution in [1.29, 1.82) is 5.26 Å². The molecule has 0 saturated heterocycles. The Kier molecular flexibility index (Phi) is 5.32. The van der Waals surface area contributed by atoms with Gasteiger partial charge >= 0.3 is 0 Å². The van der Waals surface area contributed by atoms with E-state index in [-0.39, 0.29) is 17.9 Å². The van der Waals surface area contributed by atoms with Gasteiger partial charge in [-0.05, 0) is 30.3 Å². The quantitative estimate of drug-likeness (QED) is 0.850. The SMILES string of the molecule is CNS(=O)(=O)Cc1ccccc1CNc1cccc(F)c1C#N. The Balaban J connectivity index is 2.23. The van der Waals surface area contributed by atoms with Crippen LogP contribution in [0.4, 0.5) is 10.1 Å². The summed E-state index contributed by atoms with van der Waals surface area (Å²) in [6.45, 7) is 0.285. The summed E-state index contributed by atoms with van der Waals surface area (Å²) in [6, 6.07) is 13.2. The Hall–Kier alpha value is -2.43. The number of benzene rings is 2. The zero-order chi connectivity index (χ0) is 16.9. The molecule has 0 heterocycles. The Morgan fingerprint density at radius 2 is 1.83 bits per heavy atom. The topological polar surface area (TPSA) is 82.0 Å². The monoisotopic (exact) mass is 333 g/mol. The largest absolute Gasteiger partial charge is 0.380 e. The predicted octanol–water partition coefficient (Wildman–Crippen LogP) is 2.36. The van der Waals surface area contributed by atoms with Gasteiger partial charge in [0.05, 0.1) is 11.4 Å². The first-order valence-electron chi connectivity index (χ1n) is 6.87. The number of nitriles is 1. The van der Waals surface area contributed by atoms with Crippen molar-refractivity contribution in [2.75, 3.05) is 12.4 Å². The molecule has 0 amide bonds. The molecule has 0 spiro atoms. The van der Waals surface area contributed by atoms with E-state index in [9.17, 15) is 12.8 Å². The summed E-state index contributed by atoms with van der Waals surface area (Å²) in [4.78, 5) is 0. The molecule has 0 radical (unpaired) electrons. The van der Waals surface area contributed by atoms with Gasteiger partial charge in [0, 0.05) is 6.54 Å². The minimum absolute atomic E-state index is 0.0622. The Morgan fingerprint density at radius 3 is 2.48 bits per heavy atom. The maximum atomic E-state index is 13.6. The Labute approximate surface area is 134 Å². The lowest BCUT2D eigenvalue weighted by Crippen LogP contribution is -2.21. The zero-order valence-electron chi connectivity index (χ0n) is 12.5. The fourth-order valence-electron chi connectivity index (χ4n) is 2.12. The van der Waals surface area contributed by atoms with Crippen molar-refractivity contribution in [3.63, 3.8) is 0 Å². The van der Waals surface area contributed by atoms with E-state index in [4.69, 9.17) is 5.26 Å². The molecular formula is C16H16FN3O2S. The molecule has 0 bridgehead atoms. The molecular weight excluding hydrogens is 317 g/mol. The van der Waals surface area contributed by atoms with Crippen LogP contribution in [-0.4, -0.2) is 15.5 Å². The second-order valence-electron chi connectivity index (χ2n) is 4.86. The highest BCUT2D eigenvalue weighted by molar-refractivity contribution is 7.88. The van der Waals surface area contributed by atoms with E-state index >= 15 is 0 Å². The van der Waals surface area contributed by atoms with Crippen LogP contribution in [0.3, 0.4) is 0 Å². The van der Waals surface area contributed by atoms with Crippen LogP contribution in [0.1, 0.15) is 16.7 Å². The van der Waals surface area contributed by atoms with Crippen LogP contribution < -0.4 is 10.0 Å². The first-order chi connectivity index (χ1) is 11.0. The van der Waals surface area contributed by atoms with Gasteiger partial charge in [0.1, 0.15) is 17.4 Å². The van der Waals surface area contributed by atoms with Crippen molar-refractivity contribution in [1.82, 2.24) is 4.72 Å². The van der Waals surface area contributed by atoms with Crippen molar-refractivity contribution in [2.24, 2.45) is 0 Å². The molecule has 2 rings (SSSR count). The molecule has 2 aromatic rings. The standard InChI is InChI=1S/C16H16FN3O2S/c1-19-23(21,22)11-13-6-3-2-5-12(13)10-20-16-8-4-7-15(17)14(16)9-18/h2-8,19-20H,10-11H2,1H3. The van der Waals surface area contributed by atoms with Crippen LogP contribution in [0, 0.1) is 17.1 Å². The van der Waals surface area contributed by atoms with Crippen molar-refractivity contribution >= 4 is 15.7 Å². The van der Waals surface area contributed by atoms with Gasteiger partial charge in [-0.25, -0.2) is 17.5 Å². The second kappa shape index (κ2) is 7.22. The summed E-state index contributed by atoms with van der Waals surface area (Å²) >= 11 is 0. The van der Waals surface area contributed by atoms with Gasteiger partial charge in [-0.2, -0.15) is 5.26 Å². The summed E-state index contributed by atoms with van der Waals surface area (Å²) in [7, 11) is -2.02. The van der Waals surface area contributed by atoms with Crippen LogP contribution in [0.2, 0.25) is 0 Å². The molecule has 0 aliphatic carbocycles. The van der Waals surface area contributed by atoms with Crippen LogP contribution in [0.5, 0.6) is 0 Å². The molecule has 2 N–H and O–H groups in total. The summed E-state index contributed by atoms with van der Waals surface area (Å²) in [5.41, 5.74) is 1.72. The van der Waals surface area contributed by atoms with E-state index in [0.29, 0.717) is 11.3 Å². The highest BCUT2D eigenvalue weighted by atomic mass is 32.2. The third kappa shape index (κ3) is 4.28. The summed E-state index contributed by atoms with van der Waals surface area (Å²) < 4.78 is 39.3. The molecule has 7 heteroatoms. The predicted molar refractivity (Wildman–Crippen MR) is 86.6 cm³/mol. The number of hydrogen-bond donors (Lipinski definition) is 2. The smallest absolute Gasteiger partial charge is 0.215 e. The molecule has 0 aliphatic rings. The molecule has 0 saturated carbocycles. The fourth-order valence-corrected chi connectivity index (χ4v) is 2.96. The summed E-state index contributed by atoms with van der Waals surface area (Å²) in [6.07, 6.45) is 0. The number of hydrogen-bond acceptors (Lipinski definition) is 4. The van der Waals surface area contributed by atoms with Gasteiger partial charge in [0.25, 0.3) is 0 Å². The third-order valence-corrected chi connectivity index (χ3v) is 4.68. The number of anilines is 1. The molecule has 0 aromatic heterocycles. The van der Waals surface area contributed by atoms with Gasteiger partial charge in [-0.1, -0.05) is 30.3 Å². The average molecular weight is 333 g/mol. The summed E-state index contributed by atoms with van der Waals surface area (Å²) in [5, 5.41) is 12.0. The highest BCUT2D eigenvalue weighted by Gasteiger charge is 2.13. The third-order valence-electron chi connectivity index (χ3n) is 3.37. The zero-order valence-corrected chi connectivity index (χ0v) is 13.3. The van der Waals surface area contributed by atoms with Gasteiger partial charge in [-0.15, -0.1) is 0 Å². The van der Waals surface area contributed by atoms with Crippen molar-refractivity contribution < 1.29 is 12.8 Å². The average Bonchev–Trinajstić information content (AvgIpc) is 2.54. The van der Waals surface area contributed by atoms with Gasteiger partial charge < -0.3 is 5.32 Å². The maximum Gasteiger partial charge on any atom is 0.215 e. The lowest BCUT2D eigenvalue weighted by molar-refractivity contribution is 0.587. The van der Waals surface area contributed by atoms with Gasteiger partial charge in [0.15, 0.2) is 0 Å². The molecule has 0 fully saturated rings. The van der Waals surface area contributed by atoms with Crippen molar-refractivity contribution in [2.45, 2.75) is 12.3 Å². The van der Waals surface area contributed by atoms with Gasteiger partial charge in [-0.3, -0.25) is 0 Å². The Morgan fingerprint density at radius 1 is 1.13 bits per heavy atom. The number of nitrogens with zero attached hydrogens (tertiary/aromatic N) is 1. The first-order valence-corrected chi connectivity index (χ1v) is 8.52. The van der Waals surface area contributed by atoms with Crippen LogP contribution in [0.15, 0.2) is 42.5 Å². The molecule has 0 unspecified atom stereocenters. The van der Waals surface area contributed by atoms with E-state index < -0.39 is 15.8 Å². The number of nitrogens with one attached hydrogen (secondary N) is 2.